The van der Waals surface area contributed by atoms with Gasteiger partial charge in [-0.05, 0) is 38.5 Å². The molecule has 8 nitrogen and oxygen atoms in total. The Kier molecular flexibility index (Phi) is 30.6. The van der Waals surface area contributed by atoms with Gasteiger partial charge in [0.1, 0.15) is 12.6 Å². The van der Waals surface area contributed by atoms with Crippen LogP contribution in [0.15, 0.2) is 24.3 Å². The van der Waals surface area contributed by atoms with Gasteiger partial charge in [-0.15, -0.1) is 0 Å². The van der Waals surface area contributed by atoms with Crippen molar-refractivity contribution in [1.82, 2.24) is 0 Å². The molecule has 0 spiro atoms. The van der Waals surface area contributed by atoms with E-state index in [1.807, 2.05) is 0 Å². The van der Waals surface area contributed by atoms with Gasteiger partial charge in [0.05, 0.1) is 40.3 Å². The Balaban J connectivity index is 4.42. The number of hydrogen-bond acceptors (Lipinski definition) is 7. The summed E-state index contributed by atoms with van der Waals surface area (Å²) in [7, 11) is 5.39. The van der Waals surface area contributed by atoms with Crippen LogP contribution < -0.4 is 5.11 Å². The molecule has 2 unspecified atom stereocenters. The second kappa shape index (κ2) is 32.0. The normalized spacial score (nSPS) is 13.3. The molecule has 0 aromatic rings. The Bertz CT molecular complexity index is 849. The van der Waals surface area contributed by atoms with Gasteiger partial charge < -0.3 is 28.6 Å². The molecule has 0 bridgehead atoms. The summed E-state index contributed by atoms with van der Waals surface area (Å²) in [4.78, 5) is 36.6. The third kappa shape index (κ3) is 29.9. The highest BCUT2D eigenvalue weighted by molar-refractivity contribution is 5.70. The number of rotatable bonds is 34. The maximum Gasteiger partial charge on any atom is 0.306 e. The Labute approximate surface area is 294 Å². The SMILES string of the molecule is CCCCC/C=C/C=C/CCCCCCCCC(=O)OC(COCCC(C(=O)[O-])[N+](C)(C)C)COC(=O)CCCCCCCCCCC. The zero-order chi connectivity index (χ0) is 35.7. The van der Waals surface area contributed by atoms with E-state index < -0.39 is 18.1 Å². The lowest BCUT2D eigenvalue weighted by Crippen LogP contribution is -2.55. The minimum Gasteiger partial charge on any atom is -0.544 e. The molecule has 0 heterocycles. The van der Waals surface area contributed by atoms with Gasteiger partial charge in [0.2, 0.25) is 0 Å². The van der Waals surface area contributed by atoms with Crippen molar-refractivity contribution in [2.24, 2.45) is 0 Å². The van der Waals surface area contributed by atoms with Crippen molar-refractivity contribution < 1.29 is 38.2 Å². The maximum atomic E-state index is 12.6. The van der Waals surface area contributed by atoms with Crippen molar-refractivity contribution in [1.29, 1.82) is 0 Å². The summed E-state index contributed by atoms with van der Waals surface area (Å²) < 4.78 is 17.1. The molecule has 0 aliphatic heterocycles. The fraction of sp³-hybridized carbons (Fsp3) is 0.825. The smallest absolute Gasteiger partial charge is 0.306 e. The molecule has 0 rings (SSSR count). The van der Waals surface area contributed by atoms with Gasteiger partial charge in [-0.25, -0.2) is 0 Å². The third-order valence-corrected chi connectivity index (χ3v) is 8.62. The zero-order valence-corrected chi connectivity index (χ0v) is 31.7. The highest BCUT2D eigenvalue weighted by atomic mass is 16.6. The van der Waals surface area contributed by atoms with Gasteiger partial charge in [0.15, 0.2) is 6.10 Å². The average Bonchev–Trinajstić information content (AvgIpc) is 3.03. The second-order valence-corrected chi connectivity index (χ2v) is 14.2. The fourth-order valence-electron chi connectivity index (χ4n) is 5.53. The first kappa shape index (κ1) is 45.8. The topological polar surface area (TPSA) is 102 Å². The van der Waals surface area contributed by atoms with E-state index in [1.54, 1.807) is 21.1 Å². The predicted molar refractivity (Wildman–Crippen MR) is 194 cm³/mol. The first-order valence-electron chi connectivity index (χ1n) is 19.4. The lowest BCUT2D eigenvalue weighted by Gasteiger charge is -2.34. The average molecular weight is 680 g/mol. The van der Waals surface area contributed by atoms with Gasteiger partial charge >= 0.3 is 11.9 Å². The van der Waals surface area contributed by atoms with Crippen LogP contribution in [0, 0.1) is 0 Å². The van der Waals surface area contributed by atoms with Crippen molar-refractivity contribution in [3.05, 3.63) is 24.3 Å². The molecule has 280 valence electrons. The number of esters is 2. The lowest BCUT2D eigenvalue weighted by molar-refractivity contribution is -0.889. The van der Waals surface area contributed by atoms with E-state index in [-0.39, 0.29) is 42.7 Å². The molecule has 0 aromatic heterocycles. The van der Waals surface area contributed by atoms with Crippen LogP contribution >= 0.6 is 0 Å². The van der Waals surface area contributed by atoms with E-state index in [4.69, 9.17) is 14.2 Å². The van der Waals surface area contributed by atoms with Gasteiger partial charge in [0, 0.05) is 19.3 Å². The quantitative estimate of drug-likeness (QED) is 0.0291. The summed E-state index contributed by atoms with van der Waals surface area (Å²) in [6.07, 6.45) is 32.0. The number of aliphatic carboxylic acids is 1. The number of hydrogen-bond donors (Lipinski definition) is 0. The minimum atomic E-state index is -1.13. The fourth-order valence-corrected chi connectivity index (χ4v) is 5.53. The number of quaternary nitrogens is 1. The highest BCUT2D eigenvalue weighted by Gasteiger charge is 2.25. The van der Waals surface area contributed by atoms with E-state index in [0.717, 1.165) is 57.8 Å². The van der Waals surface area contributed by atoms with Crippen LogP contribution in [0.25, 0.3) is 0 Å². The predicted octanol–water partition coefficient (Wildman–Crippen LogP) is 8.41. The largest absolute Gasteiger partial charge is 0.544 e. The maximum absolute atomic E-state index is 12.6. The zero-order valence-electron chi connectivity index (χ0n) is 31.7. The van der Waals surface area contributed by atoms with E-state index in [1.165, 1.54) is 70.6 Å². The standard InChI is InChI=1S/C40H73NO7/c1-6-8-10-12-14-16-17-18-19-20-21-23-25-27-29-31-39(43)48-36(34-46-33-32-37(40(44)45)41(3,4)5)35-47-38(42)30-28-26-24-22-15-13-11-9-7-2/h14,16-18,36-37H,6-13,15,19-35H2,1-5H3/b16-14+,18-17+. The van der Waals surface area contributed by atoms with E-state index in [9.17, 15) is 19.5 Å². The number of nitrogens with zero attached hydrogens (tertiary/aromatic N) is 1. The second-order valence-electron chi connectivity index (χ2n) is 14.2. The molecule has 0 radical (unpaired) electrons. The summed E-state index contributed by atoms with van der Waals surface area (Å²) in [6.45, 7) is 4.59. The minimum absolute atomic E-state index is 0.0387. The molecular formula is C40H73NO7. The number of carbonyl (C=O) groups is 3. The van der Waals surface area contributed by atoms with Crippen molar-refractivity contribution in [3.8, 4) is 0 Å². The summed E-state index contributed by atoms with van der Waals surface area (Å²) in [6, 6.07) is -0.723. The van der Waals surface area contributed by atoms with Gasteiger partial charge in [-0.1, -0.05) is 128 Å². The first-order valence-corrected chi connectivity index (χ1v) is 19.4. The number of ether oxygens (including phenoxy) is 3. The summed E-state index contributed by atoms with van der Waals surface area (Å²) in [5.41, 5.74) is 0. The molecule has 0 aliphatic carbocycles. The number of carbonyl (C=O) groups excluding carboxylic acids is 3. The first-order chi connectivity index (χ1) is 23.1. The molecule has 2 atom stereocenters. The number of allylic oxidation sites excluding steroid dienone is 4. The molecule has 48 heavy (non-hydrogen) atoms. The molecular weight excluding hydrogens is 606 g/mol. The number of carboxylic acid groups (broad SMARTS) is 1. The molecule has 0 saturated heterocycles. The van der Waals surface area contributed by atoms with Gasteiger partial charge in [-0.3, -0.25) is 9.59 Å². The number of unbranched alkanes of at least 4 members (excludes halogenated alkanes) is 17. The molecule has 8 heteroatoms. The molecule has 0 aromatic carbocycles. The van der Waals surface area contributed by atoms with Crippen LogP contribution in [-0.2, 0) is 28.6 Å². The van der Waals surface area contributed by atoms with E-state index in [2.05, 4.69) is 38.2 Å². The molecule has 0 aliphatic rings. The Morgan fingerprint density at radius 2 is 1.08 bits per heavy atom. The van der Waals surface area contributed by atoms with Crippen LogP contribution in [0.1, 0.15) is 162 Å². The molecule has 0 fully saturated rings. The molecule has 0 saturated carbocycles. The Hall–Kier alpha value is -2.19. The van der Waals surface area contributed by atoms with Gasteiger partial charge in [0.25, 0.3) is 0 Å². The lowest BCUT2D eigenvalue weighted by atomic mass is 10.1. The Morgan fingerprint density at radius 3 is 1.60 bits per heavy atom. The van der Waals surface area contributed by atoms with Crippen LogP contribution in [0.4, 0.5) is 0 Å². The summed E-state index contributed by atoms with van der Waals surface area (Å²) in [5, 5.41) is 11.6. The van der Waals surface area contributed by atoms with Crippen LogP contribution in [0.3, 0.4) is 0 Å². The molecule has 0 amide bonds. The van der Waals surface area contributed by atoms with E-state index >= 15 is 0 Å². The van der Waals surface area contributed by atoms with Crippen LogP contribution in [0.5, 0.6) is 0 Å². The van der Waals surface area contributed by atoms with Crippen molar-refractivity contribution >= 4 is 17.9 Å². The number of likely N-dealkylation sites (N-methyl/N-ethyl adjacent to an activating group) is 1. The summed E-state index contributed by atoms with van der Waals surface area (Å²) >= 11 is 0. The van der Waals surface area contributed by atoms with E-state index in [0.29, 0.717) is 12.8 Å². The van der Waals surface area contributed by atoms with Crippen LogP contribution in [0.2, 0.25) is 0 Å². The number of carboxylic acids is 1. The van der Waals surface area contributed by atoms with Crippen LogP contribution in [-0.4, -0.2) is 75.5 Å². The summed E-state index contributed by atoms with van der Waals surface area (Å²) in [5.74, 6) is -1.75. The van der Waals surface area contributed by atoms with Crippen molar-refractivity contribution in [2.45, 2.75) is 174 Å². The molecule has 0 N–H and O–H groups in total. The van der Waals surface area contributed by atoms with Crippen molar-refractivity contribution in [3.63, 3.8) is 0 Å². The van der Waals surface area contributed by atoms with Gasteiger partial charge in [-0.2, -0.15) is 0 Å². The van der Waals surface area contributed by atoms with Crippen molar-refractivity contribution in [2.75, 3.05) is 41.0 Å². The monoisotopic (exact) mass is 680 g/mol. The third-order valence-electron chi connectivity index (χ3n) is 8.62. The Morgan fingerprint density at radius 1 is 0.625 bits per heavy atom. The highest BCUT2D eigenvalue weighted by Crippen LogP contribution is 2.13.